The topological polar surface area (TPSA) is 98.0 Å². The van der Waals surface area contributed by atoms with Crippen LogP contribution in [0.15, 0.2) is 54.0 Å². The van der Waals surface area contributed by atoms with Crippen LogP contribution in [0.25, 0.3) is 16.8 Å². The van der Waals surface area contributed by atoms with Gasteiger partial charge in [0.15, 0.2) is 0 Å². The van der Waals surface area contributed by atoms with Crippen LogP contribution < -0.4 is 5.56 Å². The Kier molecular flexibility index (Phi) is 3.86. The molecule has 0 spiro atoms. The number of nitrogens with zero attached hydrogens (tertiary/aromatic N) is 4. The zero-order chi connectivity index (χ0) is 16.4. The van der Waals surface area contributed by atoms with Crippen molar-refractivity contribution in [3.05, 3.63) is 70.1 Å². The van der Waals surface area contributed by atoms with Crippen LogP contribution in [0, 0.1) is 0 Å². The van der Waals surface area contributed by atoms with Crippen molar-refractivity contribution >= 4 is 17.6 Å². The molecule has 0 amide bonds. The molecule has 0 atom stereocenters. The first-order valence-electron chi connectivity index (χ1n) is 6.45. The molecule has 0 fully saturated rings. The van der Waals surface area contributed by atoms with Gasteiger partial charge < -0.3 is 5.11 Å². The van der Waals surface area contributed by atoms with E-state index >= 15 is 0 Å². The summed E-state index contributed by atoms with van der Waals surface area (Å²) in [6.07, 6.45) is 5.36. The molecule has 0 saturated heterocycles. The van der Waals surface area contributed by atoms with Crippen molar-refractivity contribution in [2.45, 2.75) is 0 Å². The molecule has 0 saturated carbocycles. The van der Waals surface area contributed by atoms with E-state index in [1.54, 1.807) is 24.3 Å². The van der Waals surface area contributed by atoms with Crippen molar-refractivity contribution < 1.29 is 9.90 Å². The first-order chi connectivity index (χ1) is 11.1. The summed E-state index contributed by atoms with van der Waals surface area (Å²) in [7, 11) is 0. The van der Waals surface area contributed by atoms with Gasteiger partial charge in [-0.25, -0.2) is 14.8 Å². The van der Waals surface area contributed by atoms with E-state index < -0.39 is 11.5 Å². The molecule has 0 aliphatic carbocycles. The fourth-order valence-electron chi connectivity index (χ4n) is 2.09. The fourth-order valence-corrected chi connectivity index (χ4v) is 2.22. The van der Waals surface area contributed by atoms with E-state index in [-0.39, 0.29) is 16.8 Å². The molecule has 0 bridgehead atoms. The van der Waals surface area contributed by atoms with E-state index in [0.29, 0.717) is 10.6 Å². The summed E-state index contributed by atoms with van der Waals surface area (Å²) in [5.74, 6) is -1.34. The normalized spacial score (nSPS) is 10.5. The Morgan fingerprint density at radius 2 is 1.74 bits per heavy atom. The average molecular weight is 329 g/mol. The number of halogens is 1. The zero-order valence-electron chi connectivity index (χ0n) is 11.5. The van der Waals surface area contributed by atoms with Gasteiger partial charge in [-0.2, -0.15) is 9.78 Å². The smallest absolute Gasteiger partial charge is 0.342 e. The van der Waals surface area contributed by atoms with Crippen molar-refractivity contribution in [1.82, 2.24) is 19.7 Å². The standard InChI is InChI=1S/C15H9ClN4O3/c16-10-3-1-9(2-4-10)12-7-19-20(11-5-17-8-18-6-11)14(21)13(12)15(22)23/h1-8H,(H,22,23). The van der Waals surface area contributed by atoms with Gasteiger partial charge in [0.2, 0.25) is 0 Å². The number of carbonyl (C=O) groups is 1. The van der Waals surface area contributed by atoms with Gasteiger partial charge in [0, 0.05) is 10.6 Å². The molecule has 3 aromatic rings. The maximum Gasteiger partial charge on any atom is 0.342 e. The third-order valence-electron chi connectivity index (χ3n) is 3.14. The van der Waals surface area contributed by atoms with E-state index in [0.717, 1.165) is 4.68 Å². The van der Waals surface area contributed by atoms with Crippen LogP contribution >= 0.6 is 11.6 Å². The third kappa shape index (κ3) is 2.82. The minimum atomic E-state index is -1.34. The second-order valence-corrected chi connectivity index (χ2v) is 5.00. The minimum Gasteiger partial charge on any atom is -0.477 e. The second kappa shape index (κ2) is 5.98. The Hall–Kier alpha value is -3.06. The predicted molar refractivity (Wildman–Crippen MR) is 82.8 cm³/mol. The van der Waals surface area contributed by atoms with Gasteiger partial charge >= 0.3 is 5.97 Å². The molecule has 2 heterocycles. The van der Waals surface area contributed by atoms with Crippen LogP contribution in [0.4, 0.5) is 0 Å². The number of benzene rings is 1. The van der Waals surface area contributed by atoms with Crippen molar-refractivity contribution in [3.63, 3.8) is 0 Å². The average Bonchev–Trinajstić information content (AvgIpc) is 2.55. The summed E-state index contributed by atoms with van der Waals surface area (Å²) < 4.78 is 0.947. The van der Waals surface area contributed by atoms with Gasteiger partial charge in [0.1, 0.15) is 17.6 Å². The van der Waals surface area contributed by atoms with Gasteiger partial charge in [-0.1, -0.05) is 23.7 Å². The number of aromatic nitrogens is 4. The minimum absolute atomic E-state index is 0.215. The molecule has 114 valence electrons. The molecule has 3 rings (SSSR count). The Bertz CT molecular complexity index is 924. The Morgan fingerprint density at radius 1 is 1.09 bits per heavy atom. The van der Waals surface area contributed by atoms with Gasteiger partial charge in [-0.3, -0.25) is 4.79 Å². The highest BCUT2D eigenvalue weighted by molar-refractivity contribution is 6.30. The second-order valence-electron chi connectivity index (χ2n) is 4.56. The summed E-state index contributed by atoms with van der Waals surface area (Å²) in [5.41, 5.74) is -0.117. The van der Waals surface area contributed by atoms with Crippen molar-refractivity contribution in [2.75, 3.05) is 0 Å². The largest absolute Gasteiger partial charge is 0.477 e. The van der Waals surface area contributed by atoms with E-state index in [9.17, 15) is 14.7 Å². The lowest BCUT2D eigenvalue weighted by molar-refractivity contribution is 0.0695. The number of rotatable bonds is 3. The van der Waals surface area contributed by atoms with Crippen LogP contribution in [0.5, 0.6) is 0 Å². The quantitative estimate of drug-likeness (QED) is 0.790. The predicted octanol–water partition coefficient (Wildman–Crippen LogP) is 2.04. The molecule has 7 nitrogen and oxygen atoms in total. The molecule has 0 aliphatic rings. The molecule has 1 N–H and O–H groups in total. The number of carboxylic acids is 1. The van der Waals surface area contributed by atoms with Gasteiger partial charge in [-0.05, 0) is 17.7 Å². The van der Waals surface area contributed by atoms with Crippen LogP contribution in [-0.2, 0) is 0 Å². The van der Waals surface area contributed by atoms with E-state index in [1.165, 1.54) is 24.9 Å². The molecular formula is C15H9ClN4O3. The van der Waals surface area contributed by atoms with E-state index in [4.69, 9.17) is 11.6 Å². The first-order valence-corrected chi connectivity index (χ1v) is 6.82. The third-order valence-corrected chi connectivity index (χ3v) is 3.39. The molecule has 0 radical (unpaired) electrons. The van der Waals surface area contributed by atoms with Gasteiger partial charge in [0.05, 0.1) is 18.6 Å². The molecular weight excluding hydrogens is 320 g/mol. The molecule has 0 aliphatic heterocycles. The summed E-state index contributed by atoms with van der Waals surface area (Å²) >= 11 is 5.83. The maximum absolute atomic E-state index is 12.5. The summed E-state index contributed by atoms with van der Waals surface area (Å²) in [5, 5.41) is 14.0. The molecule has 0 unspecified atom stereocenters. The lowest BCUT2D eigenvalue weighted by Gasteiger charge is -2.09. The summed E-state index contributed by atoms with van der Waals surface area (Å²) in [4.78, 5) is 31.7. The molecule has 1 aromatic carbocycles. The lowest BCUT2D eigenvalue weighted by Crippen LogP contribution is -2.28. The fraction of sp³-hybridized carbons (Fsp3) is 0. The van der Waals surface area contributed by atoms with Crippen LogP contribution in [-0.4, -0.2) is 30.8 Å². The van der Waals surface area contributed by atoms with Crippen molar-refractivity contribution in [3.8, 4) is 16.8 Å². The van der Waals surface area contributed by atoms with Crippen molar-refractivity contribution in [1.29, 1.82) is 0 Å². The number of hydrogen-bond donors (Lipinski definition) is 1. The Morgan fingerprint density at radius 3 is 2.35 bits per heavy atom. The SMILES string of the molecule is O=C(O)c1c(-c2ccc(Cl)cc2)cnn(-c2cncnc2)c1=O. The zero-order valence-corrected chi connectivity index (χ0v) is 12.3. The first kappa shape index (κ1) is 14.9. The maximum atomic E-state index is 12.5. The van der Waals surface area contributed by atoms with Crippen LogP contribution in [0.1, 0.15) is 10.4 Å². The monoisotopic (exact) mass is 328 g/mol. The lowest BCUT2D eigenvalue weighted by atomic mass is 10.0. The Balaban J connectivity index is 2.24. The highest BCUT2D eigenvalue weighted by Gasteiger charge is 2.20. The van der Waals surface area contributed by atoms with Crippen molar-refractivity contribution in [2.24, 2.45) is 0 Å². The summed E-state index contributed by atoms with van der Waals surface area (Å²) in [6, 6.07) is 6.47. The molecule has 23 heavy (non-hydrogen) atoms. The van der Waals surface area contributed by atoms with Gasteiger partial charge in [0.25, 0.3) is 5.56 Å². The Labute approximate surface area is 134 Å². The highest BCUT2D eigenvalue weighted by atomic mass is 35.5. The number of aromatic carboxylic acids is 1. The van der Waals surface area contributed by atoms with Gasteiger partial charge in [-0.15, -0.1) is 0 Å². The number of carboxylic acid groups (broad SMARTS) is 1. The summed E-state index contributed by atoms with van der Waals surface area (Å²) in [6.45, 7) is 0. The van der Waals surface area contributed by atoms with Crippen LogP contribution in [0.2, 0.25) is 5.02 Å². The van der Waals surface area contributed by atoms with Crippen LogP contribution in [0.3, 0.4) is 0 Å². The highest BCUT2D eigenvalue weighted by Crippen LogP contribution is 2.23. The molecule has 2 aromatic heterocycles. The van der Waals surface area contributed by atoms with E-state index in [1.807, 2.05) is 0 Å². The molecule has 8 heteroatoms. The van der Waals surface area contributed by atoms with E-state index in [2.05, 4.69) is 15.1 Å². The number of hydrogen-bond acceptors (Lipinski definition) is 5.